The quantitative estimate of drug-likeness (QED) is 0.147. The number of rotatable bonds is 15. The smallest absolute Gasteiger partial charge is 0.408 e. The molecule has 5 atom stereocenters. The monoisotopic (exact) mass is 664 g/mol. The van der Waals surface area contributed by atoms with E-state index in [9.17, 15) is 29.4 Å². The lowest BCUT2D eigenvalue weighted by Gasteiger charge is -2.32. The van der Waals surface area contributed by atoms with E-state index in [-0.39, 0.29) is 25.4 Å². The molecule has 4 amide bonds. The zero-order valence-electron chi connectivity index (χ0n) is 28.6. The third-order valence-corrected chi connectivity index (χ3v) is 9.00. The van der Waals surface area contributed by atoms with Crippen LogP contribution < -0.4 is 22.1 Å². The van der Waals surface area contributed by atoms with Crippen LogP contribution in [0.2, 0.25) is 0 Å². The molecule has 15 nitrogen and oxygen atoms in total. The Hall–Kier alpha value is -3.30. The first-order valence-corrected chi connectivity index (χ1v) is 16.9. The summed E-state index contributed by atoms with van der Waals surface area (Å²) in [4.78, 5) is 54.5. The van der Waals surface area contributed by atoms with Gasteiger partial charge >= 0.3 is 6.09 Å². The van der Waals surface area contributed by atoms with Crippen molar-refractivity contribution in [2.24, 2.45) is 23.3 Å². The highest BCUT2D eigenvalue weighted by Crippen LogP contribution is 2.33. The number of hydrogen-bond acceptors (Lipinski definition) is 10. The number of carbonyl (C=O) groups excluding carboxylic acids is 4. The number of aliphatic hydroxyl groups excluding tert-OH is 1. The minimum atomic E-state index is -1.47. The summed E-state index contributed by atoms with van der Waals surface area (Å²) in [7, 11) is 0. The van der Waals surface area contributed by atoms with Crippen LogP contribution in [0.4, 0.5) is 4.79 Å². The maximum absolute atomic E-state index is 14.4. The molecule has 0 spiro atoms. The number of nitrogens with one attached hydrogen (secondary N) is 2. The molecule has 1 aromatic heterocycles. The third-order valence-electron chi connectivity index (χ3n) is 9.00. The maximum atomic E-state index is 14.4. The number of hydrogen-bond donors (Lipinski definition) is 6. The summed E-state index contributed by atoms with van der Waals surface area (Å²) in [5.41, 5.74) is 9.35. The molecule has 47 heavy (non-hydrogen) atoms. The Morgan fingerprint density at radius 2 is 1.79 bits per heavy atom. The van der Waals surface area contributed by atoms with Crippen LogP contribution in [0.3, 0.4) is 0 Å². The molecule has 1 aromatic rings. The second kappa shape index (κ2) is 16.7. The predicted octanol–water partition coefficient (Wildman–Crippen LogP) is 1.22. The van der Waals surface area contributed by atoms with E-state index in [2.05, 4.69) is 20.9 Å². The highest BCUT2D eigenvalue weighted by atomic mass is 16.6. The van der Waals surface area contributed by atoms with Crippen LogP contribution in [0.15, 0.2) is 6.20 Å². The van der Waals surface area contributed by atoms with E-state index in [1.807, 2.05) is 0 Å². The number of unbranched alkanes of at least 4 members (excludes halogenated alkanes) is 1. The van der Waals surface area contributed by atoms with E-state index < -0.39 is 65.2 Å². The fourth-order valence-corrected chi connectivity index (χ4v) is 6.57. The Balaban J connectivity index is 1.91. The van der Waals surface area contributed by atoms with Gasteiger partial charge in [0.25, 0.3) is 0 Å². The second-order valence-corrected chi connectivity index (χ2v) is 14.6. The molecular formula is C32H56N8O7. The van der Waals surface area contributed by atoms with E-state index in [1.54, 1.807) is 34.6 Å². The summed E-state index contributed by atoms with van der Waals surface area (Å²) in [6.07, 6.45) is 6.64. The molecule has 2 heterocycles. The molecule has 2 aliphatic rings. The lowest BCUT2D eigenvalue weighted by atomic mass is 9.84. The Kier molecular flexibility index (Phi) is 13.5. The van der Waals surface area contributed by atoms with E-state index >= 15 is 0 Å². The first-order valence-electron chi connectivity index (χ1n) is 16.9. The van der Waals surface area contributed by atoms with Crippen molar-refractivity contribution in [1.29, 1.82) is 0 Å². The normalized spacial score (nSPS) is 21.1. The molecule has 15 heteroatoms. The Morgan fingerprint density at radius 1 is 1.11 bits per heavy atom. The van der Waals surface area contributed by atoms with Crippen molar-refractivity contribution < 1.29 is 34.1 Å². The molecule has 1 saturated heterocycles. The SMILES string of the molecule is CC(C)(C)OC(=O)N[C@H](CC1CCCCC1)C(=O)N1CC(n2nncc2C(C)(C)O)C[C@H]1C(=O)NCC(CCCCN)C(O)C(N)=O. The molecule has 1 aliphatic heterocycles. The molecule has 1 aliphatic carbocycles. The molecule has 1 saturated carbocycles. The maximum Gasteiger partial charge on any atom is 0.408 e. The molecule has 0 radical (unpaired) electrons. The van der Waals surface area contributed by atoms with E-state index in [4.69, 9.17) is 16.2 Å². The zero-order chi connectivity index (χ0) is 34.9. The van der Waals surface area contributed by atoms with Crippen LogP contribution >= 0.6 is 0 Å². The fourth-order valence-electron chi connectivity index (χ4n) is 6.57. The van der Waals surface area contributed by atoms with Gasteiger partial charge in [-0.05, 0) is 66.3 Å². The summed E-state index contributed by atoms with van der Waals surface area (Å²) in [5.74, 6) is -2.22. The molecule has 3 unspecified atom stereocenters. The predicted molar refractivity (Wildman–Crippen MR) is 173 cm³/mol. The van der Waals surface area contributed by atoms with Gasteiger partial charge in [0.15, 0.2) is 0 Å². The van der Waals surface area contributed by atoms with Crippen LogP contribution in [-0.4, -0.2) is 97.3 Å². The highest BCUT2D eigenvalue weighted by Gasteiger charge is 2.45. The molecule has 3 rings (SSSR count). The van der Waals surface area contributed by atoms with Crippen molar-refractivity contribution in [1.82, 2.24) is 30.5 Å². The number of aliphatic hydroxyl groups is 2. The molecular weight excluding hydrogens is 608 g/mol. The van der Waals surface area contributed by atoms with Crippen molar-refractivity contribution in [3.63, 3.8) is 0 Å². The van der Waals surface area contributed by atoms with Gasteiger partial charge in [-0.2, -0.15) is 0 Å². The minimum absolute atomic E-state index is 0.0450. The minimum Gasteiger partial charge on any atom is -0.444 e. The molecule has 266 valence electrons. The van der Waals surface area contributed by atoms with Gasteiger partial charge in [0, 0.05) is 25.4 Å². The third kappa shape index (κ3) is 11.1. The van der Waals surface area contributed by atoms with Crippen LogP contribution in [0.1, 0.15) is 111 Å². The van der Waals surface area contributed by atoms with Crippen molar-refractivity contribution in [3.05, 3.63) is 11.9 Å². The summed E-state index contributed by atoms with van der Waals surface area (Å²) in [5, 5.41) is 35.0. The lowest BCUT2D eigenvalue weighted by Crippen LogP contribution is -2.55. The van der Waals surface area contributed by atoms with Gasteiger partial charge < -0.3 is 42.0 Å². The van der Waals surface area contributed by atoms with Crippen LogP contribution in [0.25, 0.3) is 0 Å². The summed E-state index contributed by atoms with van der Waals surface area (Å²) < 4.78 is 7.04. The first-order chi connectivity index (χ1) is 22.0. The van der Waals surface area contributed by atoms with Crippen molar-refractivity contribution >= 4 is 23.8 Å². The number of carbonyl (C=O) groups is 4. The Bertz CT molecular complexity index is 1200. The molecule has 8 N–H and O–H groups in total. The van der Waals surface area contributed by atoms with Gasteiger partial charge in [0.2, 0.25) is 17.7 Å². The van der Waals surface area contributed by atoms with Crippen LogP contribution in [0.5, 0.6) is 0 Å². The highest BCUT2D eigenvalue weighted by molar-refractivity contribution is 5.92. The summed E-state index contributed by atoms with van der Waals surface area (Å²) in [6.45, 7) is 8.90. The van der Waals surface area contributed by atoms with Gasteiger partial charge in [-0.15, -0.1) is 5.10 Å². The lowest BCUT2D eigenvalue weighted by molar-refractivity contribution is -0.140. The molecule has 2 fully saturated rings. The fraction of sp³-hybridized carbons (Fsp3) is 0.812. The number of aromatic nitrogens is 3. The number of alkyl carbamates (subject to hydrolysis) is 1. The van der Waals surface area contributed by atoms with Gasteiger partial charge in [0.1, 0.15) is 29.4 Å². The number of ether oxygens (including phenoxy) is 1. The Labute approximate surface area is 277 Å². The van der Waals surface area contributed by atoms with Gasteiger partial charge in [-0.1, -0.05) is 43.7 Å². The van der Waals surface area contributed by atoms with Crippen molar-refractivity contribution in [2.75, 3.05) is 19.6 Å². The van der Waals surface area contributed by atoms with Crippen LogP contribution in [0, 0.1) is 11.8 Å². The number of primary amides is 1. The van der Waals surface area contributed by atoms with Gasteiger partial charge in [-0.3, -0.25) is 14.4 Å². The second-order valence-electron chi connectivity index (χ2n) is 14.6. The first kappa shape index (κ1) is 38.2. The number of likely N-dealkylation sites (tertiary alicyclic amines) is 1. The molecule has 0 aromatic carbocycles. The van der Waals surface area contributed by atoms with Crippen molar-refractivity contribution in [2.45, 2.75) is 134 Å². The summed E-state index contributed by atoms with van der Waals surface area (Å²) in [6, 6.07) is -2.42. The van der Waals surface area contributed by atoms with E-state index in [1.165, 1.54) is 15.8 Å². The van der Waals surface area contributed by atoms with Gasteiger partial charge in [-0.25, -0.2) is 9.48 Å². The average molecular weight is 665 g/mol. The average Bonchev–Trinajstić information content (AvgIpc) is 3.65. The van der Waals surface area contributed by atoms with Gasteiger partial charge in [0.05, 0.1) is 17.9 Å². The van der Waals surface area contributed by atoms with E-state index in [0.717, 1.165) is 32.1 Å². The zero-order valence-corrected chi connectivity index (χ0v) is 28.6. The standard InChI is InChI=1S/C32H56N8O7/c1-31(2,3)47-30(45)37-23(15-20-11-7-6-8-12-20)29(44)39-19-22(40-25(18-36-38-40)32(4,5)46)16-24(39)28(43)35-17-21(13-9-10-14-33)26(41)27(34)42/h18,20-24,26,41,46H,6-17,19,33H2,1-5H3,(H2,34,42)(H,35,43)(H,37,45)/t21?,22?,23-,24+,26?/m1/s1. The summed E-state index contributed by atoms with van der Waals surface area (Å²) >= 11 is 0. The number of amides is 4. The van der Waals surface area contributed by atoms with Crippen LogP contribution in [-0.2, 0) is 24.7 Å². The number of nitrogens with two attached hydrogens (primary N) is 2. The molecule has 0 bridgehead atoms. The van der Waals surface area contributed by atoms with Crippen molar-refractivity contribution in [3.8, 4) is 0 Å². The van der Waals surface area contributed by atoms with E-state index in [0.29, 0.717) is 37.9 Å². The Morgan fingerprint density at radius 3 is 2.38 bits per heavy atom. The number of nitrogens with zero attached hydrogens (tertiary/aromatic N) is 4. The largest absolute Gasteiger partial charge is 0.444 e. The topological polar surface area (TPSA) is 228 Å².